The van der Waals surface area contributed by atoms with Gasteiger partial charge in [-0.2, -0.15) is 0 Å². The minimum atomic E-state index is -0.317. The number of carbonyl (C=O) groups excluding carboxylic acids is 2. The van der Waals surface area contributed by atoms with E-state index < -0.39 is 0 Å². The first-order valence-electron chi connectivity index (χ1n) is 8.05. The van der Waals surface area contributed by atoms with Crippen LogP contribution in [0.25, 0.3) is 0 Å². The molecule has 0 N–H and O–H groups in total. The van der Waals surface area contributed by atoms with E-state index in [0.29, 0.717) is 11.5 Å². The molecule has 0 bridgehead atoms. The molecule has 2 atom stereocenters. The standard InChI is InChI=1S/C18H24O6/c1-10(2)17(19)22-9-15-16(23-15)12-6-7-13(14(8-12)21-5)24-18(20)11(3)4/h6-8,10-11,15-16H,9H2,1-5H3/t15-,16+/m0/s1. The minimum absolute atomic E-state index is 0.145. The zero-order chi connectivity index (χ0) is 17.9. The second-order valence-electron chi connectivity index (χ2n) is 6.37. The van der Waals surface area contributed by atoms with Crippen molar-refractivity contribution in [1.29, 1.82) is 0 Å². The third-order valence-corrected chi connectivity index (χ3v) is 3.64. The smallest absolute Gasteiger partial charge is 0.313 e. The fourth-order valence-electron chi connectivity index (χ4n) is 2.07. The highest BCUT2D eigenvalue weighted by molar-refractivity contribution is 5.75. The first-order valence-corrected chi connectivity index (χ1v) is 8.05. The molecule has 1 aromatic carbocycles. The SMILES string of the molecule is COc1cc([C@H]2O[C@H]2COC(=O)C(C)C)ccc1OC(=O)C(C)C. The molecule has 0 radical (unpaired) electrons. The Kier molecular flexibility index (Phi) is 5.83. The predicted molar refractivity (Wildman–Crippen MR) is 86.9 cm³/mol. The summed E-state index contributed by atoms with van der Waals surface area (Å²) in [5.74, 6) is -0.0864. The first-order chi connectivity index (χ1) is 11.3. The van der Waals surface area contributed by atoms with E-state index in [2.05, 4.69) is 0 Å². The average Bonchev–Trinajstić information content (AvgIpc) is 3.32. The van der Waals surface area contributed by atoms with Gasteiger partial charge in [-0.05, 0) is 17.7 Å². The minimum Gasteiger partial charge on any atom is -0.493 e. The molecule has 1 saturated heterocycles. The van der Waals surface area contributed by atoms with Crippen LogP contribution >= 0.6 is 0 Å². The van der Waals surface area contributed by atoms with Crippen LogP contribution in [-0.4, -0.2) is 31.8 Å². The molecule has 2 rings (SSSR count). The van der Waals surface area contributed by atoms with Gasteiger partial charge in [-0.1, -0.05) is 33.8 Å². The van der Waals surface area contributed by atoms with Gasteiger partial charge >= 0.3 is 11.9 Å². The normalized spacial score (nSPS) is 19.3. The molecule has 6 nitrogen and oxygen atoms in total. The van der Waals surface area contributed by atoms with Gasteiger partial charge in [-0.15, -0.1) is 0 Å². The zero-order valence-electron chi connectivity index (χ0n) is 14.7. The summed E-state index contributed by atoms with van der Waals surface area (Å²) in [7, 11) is 1.52. The second kappa shape index (κ2) is 7.66. The van der Waals surface area contributed by atoms with Crippen LogP contribution in [-0.2, 0) is 19.1 Å². The van der Waals surface area contributed by atoms with Crippen molar-refractivity contribution in [3.05, 3.63) is 23.8 Å². The van der Waals surface area contributed by atoms with Crippen LogP contribution in [0.3, 0.4) is 0 Å². The number of rotatable bonds is 7. The Morgan fingerprint density at radius 1 is 1.08 bits per heavy atom. The van der Waals surface area contributed by atoms with Crippen LogP contribution in [0.4, 0.5) is 0 Å². The van der Waals surface area contributed by atoms with Crippen LogP contribution in [0.5, 0.6) is 11.5 Å². The molecule has 0 unspecified atom stereocenters. The van der Waals surface area contributed by atoms with Gasteiger partial charge in [0.15, 0.2) is 11.5 Å². The predicted octanol–water partition coefficient (Wildman–Crippen LogP) is 2.90. The molecule has 0 saturated carbocycles. The molecule has 132 valence electrons. The molecule has 0 aromatic heterocycles. The summed E-state index contributed by atoms with van der Waals surface area (Å²) in [5, 5.41) is 0. The van der Waals surface area contributed by atoms with Crippen molar-refractivity contribution in [2.24, 2.45) is 11.8 Å². The van der Waals surface area contributed by atoms with Crippen molar-refractivity contribution in [1.82, 2.24) is 0 Å². The van der Waals surface area contributed by atoms with Crippen molar-refractivity contribution in [3.8, 4) is 11.5 Å². The Morgan fingerprint density at radius 2 is 1.75 bits per heavy atom. The molecular weight excluding hydrogens is 312 g/mol. The first kappa shape index (κ1) is 18.3. The van der Waals surface area contributed by atoms with E-state index in [0.717, 1.165) is 5.56 Å². The Hall–Kier alpha value is -2.08. The lowest BCUT2D eigenvalue weighted by atomic mass is 10.1. The van der Waals surface area contributed by atoms with Gasteiger partial charge in [0.25, 0.3) is 0 Å². The van der Waals surface area contributed by atoms with Gasteiger partial charge in [-0.25, -0.2) is 0 Å². The lowest BCUT2D eigenvalue weighted by Crippen LogP contribution is -2.15. The number of esters is 2. The largest absolute Gasteiger partial charge is 0.493 e. The topological polar surface area (TPSA) is 74.4 Å². The van der Waals surface area contributed by atoms with Gasteiger partial charge in [0.1, 0.15) is 18.8 Å². The quantitative estimate of drug-likeness (QED) is 0.433. The summed E-state index contributed by atoms with van der Waals surface area (Å²) >= 11 is 0. The highest BCUT2D eigenvalue weighted by Gasteiger charge is 2.41. The van der Waals surface area contributed by atoms with Gasteiger partial charge in [0.2, 0.25) is 0 Å². The number of epoxide rings is 1. The van der Waals surface area contributed by atoms with E-state index >= 15 is 0 Å². The van der Waals surface area contributed by atoms with Crippen molar-refractivity contribution in [2.45, 2.75) is 39.9 Å². The number of benzene rings is 1. The van der Waals surface area contributed by atoms with E-state index in [9.17, 15) is 9.59 Å². The number of methoxy groups -OCH3 is 1. The van der Waals surface area contributed by atoms with E-state index in [-0.39, 0.29) is 42.6 Å². The van der Waals surface area contributed by atoms with Gasteiger partial charge in [-0.3, -0.25) is 9.59 Å². The second-order valence-corrected chi connectivity index (χ2v) is 6.37. The summed E-state index contributed by atoms with van der Waals surface area (Å²) in [6.45, 7) is 7.34. The van der Waals surface area contributed by atoms with Crippen LogP contribution in [0.2, 0.25) is 0 Å². The lowest BCUT2D eigenvalue weighted by molar-refractivity contribution is -0.147. The van der Waals surface area contributed by atoms with E-state index in [1.807, 2.05) is 6.07 Å². The molecule has 0 spiro atoms. The van der Waals surface area contributed by atoms with Gasteiger partial charge in [0.05, 0.1) is 18.9 Å². The Bertz CT molecular complexity index is 608. The monoisotopic (exact) mass is 336 g/mol. The molecule has 1 heterocycles. The van der Waals surface area contributed by atoms with Crippen LogP contribution in [0.1, 0.15) is 39.4 Å². The highest BCUT2D eigenvalue weighted by atomic mass is 16.6. The maximum Gasteiger partial charge on any atom is 0.313 e. The number of ether oxygens (including phenoxy) is 4. The van der Waals surface area contributed by atoms with E-state index in [4.69, 9.17) is 18.9 Å². The summed E-state index contributed by atoms with van der Waals surface area (Å²) in [4.78, 5) is 23.2. The Morgan fingerprint density at radius 3 is 2.33 bits per heavy atom. The summed E-state index contributed by atoms with van der Waals surface area (Å²) in [6.07, 6.45) is -0.296. The van der Waals surface area contributed by atoms with Crippen LogP contribution in [0.15, 0.2) is 18.2 Å². The van der Waals surface area contributed by atoms with Crippen molar-refractivity contribution < 1.29 is 28.5 Å². The third-order valence-electron chi connectivity index (χ3n) is 3.64. The molecule has 1 aliphatic rings. The maximum absolute atomic E-state index is 11.7. The van der Waals surface area contributed by atoms with Crippen LogP contribution < -0.4 is 9.47 Å². The van der Waals surface area contributed by atoms with Gasteiger partial charge < -0.3 is 18.9 Å². The molecular formula is C18H24O6. The Balaban J connectivity index is 1.98. The zero-order valence-corrected chi connectivity index (χ0v) is 14.7. The molecule has 24 heavy (non-hydrogen) atoms. The summed E-state index contributed by atoms with van der Waals surface area (Å²) in [5.41, 5.74) is 0.891. The number of hydrogen-bond donors (Lipinski definition) is 0. The molecule has 1 aromatic rings. The fourth-order valence-corrected chi connectivity index (χ4v) is 2.07. The average molecular weight is 336 g/mol. The maximum atomic E-state index is 11.7. The van der Waals surface area contributed by atoms with Crippen molar-refractivity contribution >= 4 is 11.9 Å². The van der Waals surface area contributed by atoms with E-state index in [1.165, 1.54) is 7.11 Å². The summed E-state index contributed by atoms with van der Waals surface area (Å²) < 4.78 is 21.3. The Labute approximate surface area is 142 Å². The molecule has 6 heteroatoms. The molecule has 1 fully saturated rings. The highest BCUT2D eigenvalue weighted by Crippen LogP contribution is 2.42. The molecule has 0 aliphatic carbocycles. The third kappa shape index (κ3) is 4.47. The molecule has 1 aliphatic heterocycles. The molecule has 0 amide bonds. The van der Waals surface area contributed by atoms with E-state index in [1.54, 1.807) is 39.8 Å². The summed E-state index contributed by atoms with van der Waals surface area (Å²) in [6, 6.07) is 5.28. The van der Waals surface area contributed by atoms with Crippen LogP contribution in [0, 0.1) is 11.8 Å². The lowest BCUT2D eigenvalue weighted by Gasteiger charge is -2.11. The fraction of sp³-hybridized carbons (Fsp3) is 0.556. The van der Waals surface area contributed by atoms with Crippen molar-refractivity contribution in [2.75, 3.05) is 13.7 Å². The van der Waals surface area contributed by atoms with Gasteiger partial charge in [0, 0.05) is 0 Å². The number of hydrogen-bond acceptors (Lipinski definition) is 6. The van der Waals surface area contributed by atoms with Crippen molar-refractivity contribution in [3.63, 3.8) is 0 Å². The number of carbonyl (C=O) groups is 2.